The maximum absolute atomic E-state index is 12.6. The lowest BCUT2D eigenvalue weighted by atomic mass is 10.1. The van der Waals surface area contributed by atoms with Crippen molar-refractivity contribution in [3.8, 4) is 0 Å². The number of nitrogens with two attached hydrogens (primary N) is 3. The van der Waals surface area contributed by atoms with Gasteiger partial charge in [-0.3, -0.25) is 9.59 Å². The van der Waals surface area contributed by atoms with Crippen LogP contribution in [0, 0.1) is 0 Å². The fourth-order valence-electron chi connectivity index (χ4n) is 2.41. The van der Waals surface area contributed by atoms with Gasteiger partial charge in [0.05, 0.1) is 6.61 Å². The molecule has 1 fully saturated rings. The van der Waals surface area contributed by atoms with Crippen LogP contribution in [0.1, 0.15) is 6.42 Å². The molecule has 0 bridgehead atoms. The van der Waals surface area contributed by atoms with E-state index in [2.05, 4.69) is 10.3 Å². The van der Waals surface area contributed by atoms with Crippen molar-refractivity contribution in [2.75, 3.05) is 34.3 Å². The van der Waals surface area contributed by atoms with Gasteiger partial charge in [0.2, 0.25) is 5.91 Å². The maximum Gasteiger partial charge on any atom is 0.288 e. The first-order valence-electron chi connectivity index (χ1n) is 8.45. The van der Waals surface area contributed by atoms with Gasteiger partial charge < -0.3 is 41.7 Å². The van der Waals surface area contributed by atoms with Crippen LogP contribution in [-0.4, -0.2) is 102 Å². The summed E-state index contributed by atoms with van der Waals surface area (Å²) in [6.07, 6.45) is -5.43. The molecular weight excluding hydrogens is 374 g/mol. The first-order chi connectivity index (χ1) is 13.0. The molecule has 13 heteroatoms. The highest BCUT2D eigenvalue weighted by Crippen LogP contribution is 2.23. The highest BCUT2D eigenvalue weighted by molar-refractivity contribution is 6.08. The molecule has 1 aliphatic rings. The predicted molar refractivity (Wildman–Crippen MR) is 98.9 cm³/mol. The standard InChI is InChI=1S/C15H29N7O6/c1-19-10(9(16)13(17)20-8(24)4-5-21(2)3)14(27)22(18)15-12(26)11(25)7(6-23)28-15/h7,11-12,15,19,23,25-26H,4-6,16,18H2,1-3H3,(H2,17,20,24)/b10-9+. The number of amides is 2. The summed E-state index contributed by atoms with van der Waals surface area (Å²) in [4.78, 5) is 29.9. The largest absolute Gasteiger partial charge is 0.394 e. The minimum atomic E-state index is -1.55. The molecule has 0 aromatic carbocycles. The Balaban J connectivity index is 3.00. The molecule has 28 heavy (non-hydrogen) atoms. The lowest BCUT2D eigenvalue weighted by molar-refractivity contribution is -0.150. The number of carbonyl (C=O) groups is 2. The lowest BCUT2D eigenvalue weighted by Gasteiger charge is -2.27. The van der Waals surface area contributed by atoms with E-state index < -0.39 is 43.0 Å². The second-order valence-electron chi connectivity index (χ2n) is 6.42. The third kappa shape index (κ3) is 5.60. The van der Waals surface area contributed by atoms with Crippen molar-refractivity contribution in [2.24, 2.45) is 22.3 Å². The van der Waals surface area contributed by atoms with Gasteiger partial charge >= 0.3 is 0 Å². The average Bonchev–Trinajstić information content (AvgIpc) is 2.94. The minimum Gasteiger partial charge on any atom is -0.394 e. The van der Waals surface area contributed by atoms with Crippen LogP contribution in [0.2, 0.25) is 0 Å². The number of carbonyl (C=O) groups excluding carboxylic acids is 2. The Labute approximate surface area is 162 Å². The molecular formula is C15H29N7O6. The Kier molecular flexibility index (Phi) is 8.74. The number of rotatable bonds is 8. The van der Waals surface area contributed by atoms with Crippen molar-refractivity contribution in [3.05, 3.63) is 11.4 Å². The molecule has 4 unspecified atom stereocenters. The van der Waals surface area contributed by atoms with Crippen LogP contribution in [0.3, 0.4) is 0 Å². The number of likely N-dealkylation sites (N-methyl/N-ethyl adjacent to an activating group) is 1. The summed E-state index contributed by atoms with van der Waals surface area (Å²) in [5, 5.41) is 31.9. The number of aliphatic hydroxyl groups is 3. The molecule has 0 saturated carbocycles. The van der Waals surface area contributed by atoms with Crippen LogP contribution >= 0.6 is 0 Å². The highest BCUT2D eigenvalue weighted by atomic mass is 16.6. The zero-order chi connectivity index (χ0) is 21.6. The first kappa shape index (κ1) is 23.7. The van der Waals surface area contributed by atoms with E-state index in [4.69, 9.17) is 27.2 Å². The molecule has 1 rings (SSSR count). The summed E-state index contributed by atoms with van der Waals surface area (Å²) >= 11 is 0. The Morgan fingerprint density at radius 3 is 2.29 bits per heavy atom. The number of hydrazine groups is 1. The number of ether oxygens (including phenoxy) is 1. The summed E-state index contributed by atoms with van der Waals surface area (Å²) in [6, 6.07) is 0. The van der Waals surface area contributed by atoms with Gasteiger partial charge in [0, 0.05) is 20.0 Å². The molecule has 0 aromatic heterocycles. The molecule has 2 amide bonds. The van der Waals surface area contributed by atoms with Crippen molar-refractivity contribution >= 4 is 17.6 Å². The van der Waals surface area contributed by atoms with E-state index in [1.807, 2.05) is 0 Å². The van der Waals surface area contributed by atoms with Gasteiger partial charge in [0.1, 0.15) is 29.7 Å². The van der Waals surface area contributed by atoms with Crippen molar-refractivity contribution in [1.82, 2.24) is 15.2 Å². The summed E-state index contributed by atoms with van der Waals surface area (Å²) < 4.78 is 5.19. The van der Waals surface area contributed by atoms with Crippen molar-refractivity contribution in [3.63, 3.8) is 0 Å². The van der Waals surface area contributed by atoms with E-state index >= 15 is 0 Å². The zero-order valence-corrected chi connectivity index (χ0v) is 16.1. The number of nitrogens with one attached hydrogen (secondary N) is 1. The lowest BCUT2D eigenvalue weighted by Crippen LogP contribution is -2.53. The van der Waals surface area contributed by atoms with Crippen LogP contribution in [0.25, 0.3) is 0 Å². The Morgan fingerprint density at radius 1 is 1.21 bits per heavy atom. The fourth-order valence-corrected chi connectivity index (χ4v) is 2.41. The predicted octanol–water partition coefficient (Wildman–Crippen LogP) is -4.65. The summed E-state index contributed by atoms with van der Waals surface area (Å²) in [7, 11) is 4.95. The number of nitrogens with zero attached hydrogens (tertiary/aromatic N) is 3. The van der Waals surface area contributed by atoms with Gasteiger partial charge in [-0.25, -0.2) is 10.9 Å². The Morgan fingerprint density at radius 2 is 1.82 bits per heavy atom. The minimum absolute atomic E-state index is 0.107. The van der Waals surface area contributed by atoms with Crippen LogP contribution < -0.4 is 22.6 Å². The van der Waals surface area contributed by atoms with E-state index in [0.717, 1.165) is 0 Å². The topological polar surface area (TPSA) is 213 Å². The van der Waals surface area contributed by atoms with Crippen molar-refractivity contribution < 1.29 is 29.6 Å². The SMILES string of the molecule is CN/C(C(=O)N(N)C1OC(CO)C(O)C1O)=C(/N)C(N)=NC(=O)CCN(C)C. The second-order valence-corrected chi connectivity index (χ2v) is 6.42. The molecule has 0 spiro atoms. The van der Waals surface area contributed by atoms with Gasteiger partial charge in [-0.15, -0.1) is 0 Å². The summed E-state index contributed by atoms with van der Waals surface area (Å²) in [6.45, 7) is -0.124. The van der Waals surface area contributed by atoms with Crippen LogP contribution in [-0.2, 0) is 14.3 Å². The van der Waals surface area contributed by atoms with Crippen LogP contribution in [0.15, 0.2) is 16.4 Å². The molecule has 0 aliphatic carbocycles. The van der Waals surface area contributed by atoms with Crippen molar-refractivity contribution in [1.29, 1.82) is 0 Å². The average molecular weight is 403 g/mol. The molecule has 1 heterocycles. The molecule has 13 nitrogen and oxygen atoms in total. The van der Waals surface area contributed by atoms with Gasteiger partial charge in [-0.2, -0.15) is 4.99 Å². The third-order valence-electron chi connectivity index (χ3n) is 4.05. The van der Waals surface area contributed by atoms with Gasteiger partial charge in [0.15, 0.2) is 12.1 Å². The van der Waals surface area contributed by atoms with E-state index in [1.54, 1.807) is 19.0 Å². The summed E-state index contributed by atoms with van der Waals surface area (Å²) in [5.41, 5.74) is 10.9. The molecule has 0 radical (unpaired) electrons. The normalized spacial score (nSPS) is 26.2. The van der Waals surface area contributed by atoms with E-state index in [1.165, 1.54) is 7.05 Å². The first-order valence-corrected chi connectivity index (χ1v) is 8.45. The van der Waals surface area contributed by atoms with Gasteiger partial charge in [-0.05, 0) is 14.1 Å². The van der Waals surface area contributed by atoms with E-state index in [9.17, 15) is 19.8 Å². The molecule has 1 aliphatic heterocycles. The Bertz CT molecular complexity index is 638. The molecule has 160 valence electrons. The molecule has 1 saturated heterocycles. The number of hydrogen-bond donors (Lipinski definition) is 7. The molecule has 0 aromatic rings. The highest BCUT2D eigenvalue weighted by Gasteiger charge is 2.46. The fraction of sp³-hybridized carbons (Fsp3) is 0.667. The Hall–Kier alpha value is -2.29. The maximum atomic E-state index is 12.6. The smallest absolute Gasteiger partial charge is 0.288 e. The number of aliphatic imine (C=N–C) groups is 1. The molecule has 10 N–H and O–H groups in total. The van der Waals surface area contributed by atoms with E-state index in [0.29, 0.717) is 11.6 Å². The van der Waals surface area contributed by atoms with Gasteiger partial charge in [-0.1, -0.05) is 0 Å². The number of aliphatic hydroxyl groups excluding tert-OH is 3. The zero-order valence-electron chi connectivity index (χ0n) is 16.1. The third-order valence-corrected chi connectivity index (χ3v) is 4.05. The summed E-state index contributed by atoms with van der Waals surface area (Å²) in [5.74, 6) is 3.87. The van der Waals surface area contributed by atoms with E-state index in [-0.39, 0.29) is 23.7 Å². The van der Waals surface area contributed by atoms with Crippen LogP contribution in [0.5, 0.6) is 0 Å². The monoisotopic (exact) mass is 403 g/mol. The van der Waals surface area contributed by atoms with Gasteiger partial charge in [0.25, 0.3) is 5.91 Å². The number of hydrogen-bond acceptors (Lipinski definition) is 10. The van der Waals surface area contributed by atoms with Crippen molar-refractivity contribution in [2.45, 2.75) is 31.0 Å². The quantitative estimate of drug-likeness (QED) is 0.0511. The molecule has 4 atom stereocenters. The van der Waals surface area contributed by atoms with Crippen LogP contribution in [0.4, 0.5) is 0 Å². The second kappa shape index (κ2) is 10.3. The number of amidine groups is 1.